The topological polar surface area (TPSA) is 83.6 Å². The summed E-state index contributed by atoms with van der Waals surface area (Å²) in [7, 11) is -3.67. The van der Waals surface area contributed by atoms with Gasteiger partial charge >= 0.3 is 0 Å². The fourth-order valence-electron chi connectivity index (χ4n) is 3.52. The fraction of sp³-hybridized carbons (Fsp3) is 0.294. The number of nitrogens with one attached hydrogen (secondary N) is 1. The molecule has 25 heavy (non-hydrogen) atoms. The van der Waals surface area contributed by atoms with Crippen molar-refractivity contribution in [3.8, 4) is 0 Å². The molecular formula is C17H16N2O4S2. The van der Waals surface area contributed by atoms with Crippen LogP contribution >= 0.6 is 11.3 Å². The molecule has 2 atom stereocenters. The van der Waals surface area contributed by atoms with Crippen molar-refractivity contribution in [2.75, 3.05) is 13.1 Å². The van der Waals surface area contributed by atoms with Gasteiger partial charge in [0, 0.05) is 18.7 Å². The van der Waals surface area contributed by atoms with Gasteiger partial charge in [-0.15, -0.1) is 11.3 Å². The molecule has 1 aromatic carbocycles. The van der Waals surface area contributed by atoms with E-state index >= 15 is 0 Å². The molecule has 1 fully saturated rings. The minimum absolute atomic E-state index is 0.0470. The highest BCUT2D eigenvalue weighted by molar-refractivity contribution is 7.91. The quantitative estimate of drug-likeness (QED) is 0.866. The number of nitrogens with zero attached hydrogens (tertiary/aromatic N) is 1. The molecule has 0 spiro atoms. The molecule has 130 valence electrons. The van der Waals surface area contributed by atoms with Gasteiger partial charge in [-0.25, -0.2) is 8.42 Å². The highest BCUT2D eigenvalue weighted by Crippen LogP contribution is 2.39. The van der Waals surface area contributed by atoms with Crippen molar-refractivity contribution in [2.45, 2.75) is 17.2 Å². The Morgan fingerprint density at radius 3 is 2.56 bits per heavy atom. The van der Waals surface area contributed by atoms with E-state index in [1.807, 2.05) is 0 Å². The number of amides is 1. The summed E-state index contributed by atoms with van der Waals surface area (Å²) in [4.78, 5) is 25.6. The number of ketones is 1. The molecule has 1 aromatic heterocycles. The van der Waals surface area contributed by atoms with Crippen molar-refractivity contribution < 1.29 is 18.0 Å². The molecule has 6 nitrogen and oxygen atoms in total. The van der Waals surface area contributed by atoms with Crippen LogP contribution in [0.4, 0.5) is 0 Å². The van der Waals surface area contributed by atoms with Gasteiger partial charge in [-0.05, 0) is 24.4 Å². The monoisotopic (exact) mass is 376 g/mol. The van der Waals surface area contributed by atoms with Crippen LogP contribution in [0.3, 0.4) is 0 Å². The summed E-state index contributed by atoms with van der Waals surface area (Å²) < 4.78 is 27.2. The molecule has 3 heterocycles. The van der Waals surface area contributed by atoms with Crippen LogP contribution in [0.15, 0.2) is 46.0 Å². The Morgan fingerprint density at radius 2 is 1.88 bits per heavy atom. The second-order valence-corrected chi connectivity index (χ2v) is 9.66. The first-order valence-electron chi connectivity index (χ1n) is 7.82. The van der Waals surface area contributed by atoms with Crippen molar-refractivity contribution >= 4 is 33.1 Å². The number of Topliss-reactive ketones (excluding diaryl/α,β-unsaturated/α-hetero) is 1. The first kappa shape index (κ1) is 16.4. The zero-order valence-corrected chi connectivity index (χ0v) is 15.1. The first-order valence-corrected chi connectivity index (χ1v) is 10.1. The zero-order chi connectivity index (χ0) is 17.8. The van der Waals surface area contributed by atoms with Crippen LogP contribution in [0.25, 0.3) is 0 Å². The van der Waals surface area contributed by atoms with Crippen LogP contribution in [0.2, 0.25) is 0 Å². The molecule has 2 aliphatic rings. The van der Waals surface area contributed by atoms with E-state index in [9.17, 15) is 18.0 Å². The highest BCUT2D eigenvalue weighted by Gasteiger charge is 2.54. The lowest BCUT2D eigenvalue weighted by Gasteiger charge is -2.26. The predicted octanol–water partition coefficient (Wildman–Crippen LogP) is 1.75. The molecule has 0 unspecified atom stereocenters. The van der Waals surface area contributed by atoms with E-state index in [2.05, 4.69) is 5.32 Å². The van der Waals surface area contributed by atoms with E-state index in [1.165, 1.54) is 4.31 Å². The maximum Gasteiger partial charge on any atom is 0.252 e. The Bertz CT molecular complexity index is 968. The molecule has 1 amide bonds. The lowest BCUT2D eigenvalue weighted by Crippen LogP contribution is -2.47. The molecule has 4 rings (SSSR count). The molecule has 0 bridgehead atoms. The third kappa shape index (κ3) is 2.36. The Balaban J connectivity index is 1.76. The minimum Gasteiger partial charge on any atom is -0.347 e. The van der Waals surface area contributed by atoms with Gasteiger partial charge < -0.3 is 5.32 Å². The summed E-state index contributed by atoms with van der Waals surface area (Å²) >= 11 is 1.14. The molecule has 1 saturated heterocycles. The summed E-state index contributed by atoms with van der Waals surface area (Å²) in [6, 6.07) is 9.33. The van der Waals surface area contributed by atoms with Gasteiger partial charge in [0.05, 0.1) is 17.0 Å². The second-order valence-electron chi connectivity index (χ2n) is 6.55. The number of sulfonamides is 1. The van der Waals surface area contributed by atoms with Crippen LogP contribution < -0.4 is 5.32 Å². The number of carbonyl (C=O) groups is 2. The molecule has 2 aromatic rings. The lowest BCUT2D eigenvalue weighted by molar-refractivity contribution is 0.0796. The normalized spacial score (nSPS) is 26.7. The van der Waals surface area contributed by atoms with E-state index in [-0.39, 0.29) is 29.0 Å². The second kappa shape index (κ2) is 5.48. The van der Waals surface area contributed by atoms with Crippen LogP contribution in [0, 0.1) is 5.41 Å². The van der Waals surface area contributed by atoms with E-state index < -0.39 is 21.5 Å². The maximum atomic E-state index is 13.1. The van der Waals surface area contributed by atoms with Gasteiger partial charge in [0.25, 0.3) is 15.9 Å². The molecule has 0 saturated carbocycles. The van der Waals surface area contributed by atoms with E-state index in [1.54, 1.807) is 48.7 Å². The van der Waals surface area contributed by atoms with Gasteiger partial charge in [0.2, 0.25) is 0 Å². The minimum atomic E-state index is -3.67. The van der Waals surface area contributed by atoms with Crippen molar-refractivity contribution in [1.82, 2.24) is 9.62 Å². The van der Waals surface area contributed by atoms with E-state index in [0.29, 0.717) is 11.1 Å². The number of hydrogen-bond acceptors (Lipinski definition) is 5. The number of thiophene rings is 1. The number of hydrogen-bond donors (Lipinski definition) is 1. The van der Waals surface area contributed by atoms with Crippen LogP contribution in [-0.4, -0.2) is 43.5 Å². The van der Waals surface area contributed by atoms with Crippen LogP contribution in [0.1, 0.15) is 27.6 Å². The summed E-state index contributed by atoms with van der Waals surface area (Å²) in [5.41, 5.74) is -0.303. The predicted molar refractivity (Wildman–Crippen MR) is 93.2 cm³/mol. The first-order chi connectivity index (χ1) is 11.8. The van der Waals surface area contributed by atoms with Gasteiger partial charge in [-0.2, -0.15) is 4.31 Å². The Kier molecular flexibility index (Phi) is 3.61. The molecule has 0 aliphatic carbocycles. The summed E-state index contributed by atoms with van der Waals surface area (Å²) in [6.07, 6.45) is 0. The van der Waals surface area contributed by atoms with Gasteiger partial charge in [0.1, 0.15) is 4.21 Å². The fourth-order valence-corrected chi connectivity index (χ4v) is 6.23. The molecule has 2 aliphatic heterocycles. The van der Waals surface area contributed by atoms with Crippen LogP contribution in [0.5, 0.6) is 0 Å². The smallest absolute Gasteiger partial charge is 0.252 e. The standard InChI is InChI=1S/C17H16N2O4S2/c1-17-10-19(25(22,23)14-7-4-8-24-14)9-13(17)18-16(21)12-6-3-2-5-11(12)15(17)20/h2-8,13H,9-10H2,1H3,(H,18,21)/t13-,17+/m1/s1. The van der Waals surface area contributed by atoms with Crippen molar-refractivity contribution in [1.29, 1.82) is 0 Å². The Morgan fingerprint density at radius 1 is 1.16 bits per heavy atom. The van der Waals surface area contributed by atoms with Gasteiger partial charge in [0.15, 0.2) is 5.78 Å². The Labute approximate surface area is 149 Å². The molecule has 8 heteroatoms. The van der Waals surface area contributed by atoms with Gasteiger partial charge in [-0.1, -0.05) is 24.3 Å². The lowest BCUT2D eigenvalue weighted by atomic mass is 9.78. The molecular weight excluding hydrogens is 360 g/mol. The van der Waals surface area contributed by atoms with Crippen LogP contribution in [-0.2, 0) is 10.0 Å². The number of fused-ring (bicyclic) bond motifs is 2. The Hall–Kier alpha value is -2.03. The summed E-state index contributed by atoms with van der Waals surface area (Å²) in [6.45, 7) is 1.86. The van der Waals surface area contributed by atoms with Gasteiger partial charge in [-0.3, -0.25) is 9.59 Å². The molecule has 0 radical (unpaired) electrons. The maximum absolute atomic E-state index is 13.1. The third-order valence-corrected chi connectivity index (χ3v) is 8.17. The van der Waals surface area contributed by atoms with E-state index in [0.717, 1.165) is 11.3 Å². The molecule has 1 N–H and O–H groups in total. The third-order valence-electron chi connectivity index (χ3n) is 4.99. The highest BCUT2D eigenvalue weighted by atomic mass is 32.2. The summed E-state index contributed by atoms with van der Waals surface area (Å²) in [5.74, 6) is -0.539. The average Bonchev–Trinajstić information content (AvgIpc) is 3.23. The zero-order valence-electron chi connectivity index (χ0n) is 13.4. The van der Waals surface area contributed by atoms with Crippen molar-refractivity contribution in [2.24, 2.45) is 5.41 Å². The number of carbonyl (C=O) groups excluding carboxylic acids is 2. The number of rotatable bonds is 2. The average molecular weight is 376 g/mol. The summed E-state index contributed by atoms with van der Waals surface area (Å²) in [5, 5.41) is 4.55. The largest absolute Gasteiger partial charge is 0.347 e. The van der Waals surface area contributed by atoms with Crippen molar-refractivity contribution in [3.63, 3.8) is 0 Å². The number of benzene rings is 1. The van der Waals surface area contributed by atoms with Crippen molar-refractivity contribution in [3.05, 3.63) is 52.9 Å². The SMILES string of the molecule is C[C@]12CN(S(=O)(=O)c3cccs3)C[C@H]1NC(=O)c1ccccc1C2=O. The van der Waals surface area contributed by atoms with E-state index in [4.69, 9.17) is 0 Å².